The molecule has 1 saturated heterocycles. The first kappa shape index (κ1) is 21.9. The molecule has 1 aromatic carbocycles. The lowest BCUT2D eigenvalue weighted by atomic mass is 9.97. The fraction of sp³-hybridized carbons (Fsp3) is 0.650. The summed E-state index contributed by atoms with van der Waals surface area (Å²) in [7, 11) is -3.15. The van der Waals surface area contributed by atoms with Gasteiger partial charge in [0, 0.05) is 32.1 Å². The van der Waals surface area contributed by atoms with Crippen molar-refractivity contribution in [3.8, 4) is 0 Å². The third kappa shape index (κ3) is 6.02. The zero-order chi connectivity index (χ0) is 19.9. The van der Waals surface area contributed by atoms with Crippen LogP contribution in [-0.4, -0.2) is 55.5 Å². The summed E-state index contributed by atoms with van der Waals surface area (Å²) in [5, 5.41) is 3.06. The average Bonchev–Trinajstić information content (AvgIpc) is 2.71. The van der Waals surface area contributed by atoms with Crippen LogP contribution in [0.5, 0.6) is 0 Å². The maximum Gasteiger partial charge on any atom is 0.223 e. The third-order valence-electron chi connectivity index (χ3n) is 5.44. The molecule has 1 heterocycles. The van der Waals surface area contributed by atoms with Crippen LogP contribution in [0.4, 0.5) is 0 Å². The molecule has 1 aliphatic heterocycles. The Bertz CT molecular complexity index is 709. The minimum Gasteiger partial charge on any atom is -0.352 e. The molecule has 1 amide bonds. The minimum atomic E-state index is -3.15. The monoisotopic (exact) mass is 395 g/mol. The molecule has 1 aromatic rings. The van der Waals surface area contributed by atoms with Crippen molar-refractivity contribution in [2.24, 2.45) is 5.92 Å². The molecule has 1 N–H and O–H groups in total. The third-order valence-corrected chi connectivity index (χ3v) is 7.32. The van der Waals surface area contributed by atoms with Gasteiger partial charge in [0.2, 0.25) is 15.9 Å². The Morgan fingerprint density at radius 3 is 2.26 bits per heavy atom. The molecule has 0 atom stereocenters. The number of hydrogen-bond donors (Lipinski definition) is 1. The molecule has 7 heteroatoms. The molecule has 0 aromatic heterocycles. The predicted molar refractivity (Wildman–Crippen MR) is 109 cm³/mol. The molecule has 1 fully saturated rings. The zero-order valence-corrected chi connectivity index (χ0v) is 17.6. The summed E-state index contributed by atoms with van der Waals surface area (Å²) >= 11 is 0. The predicted octanol–water partition coefficient (Wildman–Crippen LogP) is 2.21. The van der Waals surface area contributed by atoms with Gasteiger partial charge in [0.15, 0.2) is 0 Å². The van der Waals surface area contributed by atoms with Gasteiger partial charge < -0.3 is 5.32 Å². The molecule has 0 saturated carbocycles. The Labute approximate surface area is 164 Å². The Hall–Kier alpha value is -1.44. The van der Waals surface area contributed by atoms with E-state index in [4.69, 9.17) is 0 Å². The quantitative estimate of drug-likeness (QED) is 0.696. The number of carbonyl (C=O) groups excluding carboxylic acids is 1. The Balaban J connectivity index is 1.90. The fourth-order valence-electron chi connectivity index (χ4n) is 3.48. The van der Waals surface area contributed by atoms with Gasteiger partial charge >= 0.3 is 0 Å². The number of carbonyl (C=O) groups is 1. The summed E-state index contributed by atoms with van der Waals surface area (Å²) in [5.41, 5.74) is 2.38. The summed E-state index contributed by atoms with van der Waals surface area (Å²) in [6.45, 7) is 10.2. The maximum absolute atomic E-state index is 12.6. The van der Waals surface area contributed by atoms with Gasteiger partial charge in [-0.25, -0.2) is 12.7 Å². The van der Waals surface area contributed by atoms with Gasteiger partial charge in [-0.1, -0.05) is 38.1 Å². The van der Waals surface area contributed by atoms with Gasteiger partial charge in [0.1, 0.15) is 0 Å². The van der Waals surface area contributed by atoms with E-state index in [0.717, 1.165) is 25.2 Å². The first-order chi connectivity index (χ1) is 12.9. The van der Waals surface area contributed by atoms with Crippen molar-refractivity contribution in [1.29, 1.82) is 0 Å². The number of sulfonamides is 1. The van der Waals surface area contributed by atoms with E-state index in [2.05, 4.69) is 36.2 Å². The van der Waals surface area contributed by atoms with Gasteiger partial charge in [-0.2, -0.15) is 0 Å². The Morgan fingerprint density at radius 2 is 1.70 bits per heavy atom. The lowest BCUT2D eigenvalue weighted by Gasteiger charge is -2.30. The average molecular weight is 396 g/mol. The summed E-state index contributed by atoms with van der Waals surface area (Å²) in [6, 6.07) is 8.22. The lowest BCUT2D eigenvalue weighted by molar-refractivity contribution is -0.126. The fourth-order valence-corrected chi connectivity index (χ4v) is 4.61. The Kier molecular flexibility index (Phi) is 8.26. The zero-order valence-electron chi connectivity index (χ0n) is 16.8. The van der Waals surface area contributed by atoms with Crippen molar-refractivity contribution in [3.05, 3.63) is 35.4 Å². The van der Waals surface area contributed by atoms with Crippen LogP contribution in [0.1, 0.15) is 44.7 Å². The molecule has 6 nitrogen and oxygen atoms in total. The maximum atomic E-state index is 12.6. The molecule has 0 radical (unpaired) electrons. The van der Waals surface area contributed by atoms with Crippen LogP contribution in [-0.2, 0) is 27.9 Å². The van der Waals surface area contributed by atoms with Crippen molar-refractivity contribution in [3.63, 3.8) is 0 Å². The van der Waals surface area contributed by atoms with E-state index < -0.39 is 10.0 Å². The minimum absolute atomic E-state index is 0.0289. The van der Waals surface area contributed by atoms with Crippen LogP contribution in [0.25, 0.3) is 0 Å². The second-order valence-corrected chi connectivity index (χ2v) is 9.28. The van der Waals surface area contributed by atoms with Gasteiger partial charge in [-0.05, 0) is 44.0 Å². The number of nitrogens with one attached hydrogen (secondary N) is 1. The van der Waals surface area contributed by atoms with Crippen molar-refractivity contribution >= 4 is 15.9 Å². The van der Waals surface area contributed by atoms with Crippen molar-refractivity contribution in [2.75, 3.05) is 31.9 Å². The van der Waals surface area contributed by atoms with Crippen molar-refractivity contribution in [1.82, 2.24) is 14.5 Å². The summed E-state index contributed by atoms with van der Waals surface area (Å²) in [6.07, 6.45) is 1.18. The van der Waals surface area contributed by atoms with E-state index in [1.165, 1.54) is 9.87 Å². The van der Waals surface area contributed by atoms with Gasteiger partial charge in [-0.15, -0.1) is 0 Å². The molecule has 152 valence electrons. The van der Waals surface area contributed by atoms with Gasteiger partial charge in [0.05, 0.1) is 5.75 Å². The number of amides is 1. The molecule has 2 rings (SSSR count). The normalized spacial score (nSPS) is 16.6. The molecular formula is C20H33N3O3S. The molecule has 1 aliphatic rings. The largest absolute Gasteiger partial charge is 0.352 e. The van der Waals surface area contributed by atoms with E-state index >= 15 is 0 Å². The highest BCUT2D eigenvalue weighted by atomic mass is 32.2. The smallest absolute Gasteiger partial charge is 0.223 e. The molecule has 0 unspecified atom stereocenters. The second-order valence-electron chi connectivity index (χ2n) is 7.02. The SMILES string of the molecule is CCN(CC)Cc1ccccc1CNC(=O)C1CCN(S(=O)(=O)CC)CC1. The summed E-state index contributed by atoms with van der Waals surface area (Å²) in [4.78, 5) is 14.9. The van der Waals surface area contributed by atoms with Crippen molar-refractivity contribution in [2.45, 2.75) is 46.7 Å². The van der Waals surface area contributed by atoms with E-state index in [9.17, 15) is 13.2 Å². The van der Waals surface area contributed by atoms with E-state index in [-0.39, 0.29) is 17.6 Å². The summed E-state index contributed by atoms with van der Waals surface area (Å²) in [5.74, 6) is 0.0390. The number of nitrogens with zero attached hydrogens (tertiary/aromatic N) is 2. The number of piperidine rings is 1. The first-order valence-corrected chi connectivity index (χ1v) is 11.6. The molecule has 0 aliphatic carbocycles. The molecular weight excluding hydrogens is 362 g/mol. The summed E-state index contributed by atoms with van der Waals surface area (Å²) < 4.78 is 25.4. The highest BCUT2D eigenvalue weighted by Crippen LogP contribution is 2.20. The standard InChI is InChI=1S/C20H33N3O3S/c1-4-22(5-2)16-19-10-8-7-9-18(19)15-21-20(24)17-11-13-23(14-12-17)27(25,26)6-3/h7-10,17H,4-6,11-16H2,1-3H3,(H,21,24). The highest BCUT2D eigenvalue weighted by molar-refractivity contribution is 7.89. The number of rotatable bonds is 9. The van der Waals surface area contributed by atoms with Crippen LogP contribution < -0.4 is 5.32 Å². The van der Waals surface area contributed by atoms with E-state index in [1.807, 2.05) is 12.1 Å². The van der Waals surface area contributed by atoms with Crippen LogP contribution in [0, 0.1) is 5.92 Å². The van der Waals surface area contributed by atoms with E-state index in [1.54, 1.807) is 6.92 Å². The van der Waals surface area contributed by atoms with E-state index in [0.29, 0.717) is 32.5 Å². The van der Waals surface area contributed by atoms with Crippen LogP contribution in [0.3, 0.4) is 0 Å². The Morgan fingerprint density at radius 1 is 1.11 bits per heavy atom. The molecule has 0 spiro atoms. The van der Waals surface area contributed by atoms with Gasteiger partial charge in [-0.3, -0.25) is 9.69 Å². The van der Waals surface area contributed by atoms with Crippen molar-refractivity contribution < 1.29 is 13.2 Å². The highest BCUT2D eigenvalue weighted by Gasteiger charge is 2.30. The van der Waals surface area contributed by atoms with Crippen LogP contribution in [0.15, 0.2) is 24.3 Å². The number of benzene rings is 1. The number of hydrogen-bond acceptors (Lipinski definition) is 4. The second kappa shape index (κ2) is 10.2. The lowest BCUT2D eigenvalue weighted by Crippen LogP contribution is -2.43. The van der Waals surface area contributed by atoms with Crippen LogP contribution in [0.2, 0.25) is 0 Å². The van der Waals surface area contributed by atoms with Crippen LogP contribution >= 0.6 is 0 Å². The topological polar surface area (TPSA) is 69.7 Å². The molecule has 0 bridgehead atoms. The molecule has 27 heavy (non-hydrogen) atoms. The first-order valence-electron chi connectivity index (χ1n) is 9.95. The van der Waals surface area contributed by atoms with Gasteiger partial charge in [0.25, 0.3) is 0 Å².